The summed E-state index contributed by atoms with van der Waals surface area (Å²) in [5, 5.41) is 0. The van der Waals surface area contributed by atoms with Crippen LogP contribution < -0.4 is 0 Å². The van der Waals surface area contributed by atoms with Crippen LogP contribution in [0.3, 0.4) is 0 Å². The third kappa shape index (κ3) is 3.46. The van der Waals surface area contributed by atoms with Gasteiger partial charge in [-0.2, -0.15) is 0 Å². The average molecular weight is 237 g/mol. The fraction of sp³-hybridized carbons (Fsp3) is 0.933. The predicted octanol–water partition coefficient (Wildman–Crippen LogP) is 3.46. The zero-order valence-corrected chi connectivity index (χ0v) is 11.5. The van der Waals surface area contributed by atoms with Gasteiger partial charge in [0.2, 0.25) is 5.91 Å². The maximum atomic E-state index is 12.2. The number of piperidine rings is 1. The highest BCUT2D eigenvalue weighted by Gasteiger charge is 2.26. The van der Waals surface area contributed by atoms with E-state index in [1.807, 2.05) is 0 Å². The fourth-order valence-corrected chi connectivity index (χ4v) is 3.41. The fourth-order valence-electron chi connectivity index (χ4n) is 3.41. The molecule has 17 heavy (non-hydrogen) atoms. The molecule has 0 aromatic rings. The number of hydrogen-bond donors (Lipinski definition) is 0. The summed E-state index contributed by atoms with van der Waals surface area (Å²) in [5.41, 5.74) is 0. The van der Waals surface area contributed by atoms with Crippen LogP contribution in [0.25, 0.3) is 0 Å². The highest BCUT2D eigenvalue weighted by Crippen LogP contribution is 2.29. The Bertz CT molecular complexity index is 248. The Kier molecular flexibility index (Phi) is 4.47. The standard InChI is InChI=1S/C15H27NO/c1-12(2)14-7-9-16(10-8-14)15(17)11-13-5-3-4-6-13/h12-14H,3-11H2,1-2H3. The minimum atomic E-state index is 0.430. The molecule has 1 heterocycles. The van der Waals surface area contributed by atoms with Gasteiger partial charge in [0.25, 0.3) is 0 Å². The third-order valence-electron chi connectivity index (χ3n) is 4.77. The maximum Gasteiger partial charge on any atom is 0.222 e. The number of amides is 1. The van der Waals surface area contributed by atoms with E-state index in [9.17, 15) is 4.79 Å². The summed E-state index contributed by atoms with van der Waals surface area (Å²) >= 11 is 0. The van der Waals surface area contributed by atoms with Crippen molar-refractivity contribution < 1.29 is 4.79 Å². The molecule has 0 spiro atoms. The zero-order valence-electron chi connectivity index (χ0n) is 11.5. The molecule has 2 fully saturated rings. The van der Waals surface area contributed by atoms with Gasteiger partial charge >= 0.3 is 0 Å². The largest absolute Gasteiger partial charge is 0.343 e. The molecule has 0 unspecified atom stereocenters. The van der Waals surface area contributed by atoms with Crippen molar-refractivity contribution in [1.29, 1.82) is 0 Å². The molecule has 0 atom stereocenters. The van der Waals surface area contributed by atoms with E-state index in [0.29, 0.717) is 11.8 Å². The molecular weight excluding hydrogens is 210 g/mol. The highest BCUT2D eigenvalue weighted by molar-refractivity contribution is 5.76. The first-order valence-electron chi connectivity index (χ1n) is 7.44. The molecule has 1 saturated heterocycles. The lowest BCUT2D eigenvalue weighted by atomic mass is 9.86. The second-order valence-corrected chi connectivity index (χ2v) is 6.32. The molecule has 0 bridgehead atoms. The van der Waals surface area contributed by atoms with Crippen LogP contribution in [0.2, 0.25) is 0 Å². The van der Waals surface area contributed by atoms with Crippen LogP contribution in [0.1, 0.15) is 58.8 Å². The number of carbonyl (C=O) groups excluding carboxylic acids is 1. The summed E-state index contributed by atoms with van der Waals surface area (Å²) in [4.78, 5) is 14.3. The van der Waals surface area contributed by atoms with Gasteiger partial charge in [0.05, 0.1) is 0 Å². The van der Waals surface area contributed by atoms with Crippen molar-refractivity contribution in [3.63, 3.8) is 0 Å². The molecule has 2 heteroatoms. The smallest absolute Gasteiger partial charge is 0.222 e. The van der Waals surface area contributed by atoms with Gasteiger partial charge in [0, 0.05) is 19.5 Å². The third-order valence-corrected chi connectivity index (χ3v) is 4.77. The molecule has 1 aliphatic carbocycles. The molecule has 0 aromatic heterocycles. The first-order chi connectivity index (χ1) is 8.16. The van der Waals surface area contributed by atoms with E-state index in [0.717, 1.165) is 31.3 Å². The molecular formula is C15H27NO. The van der Waals surface area contributed by atoms with Gasteiger partial charge in [0.1, 0.15) is 0 Å². The number of carbonyl (C=O) groups is 1. The molecule has 0 radical (unpaired) electrons. The summed E-state index contributed by atoms with van der Waals surface area (Å²) in [6.45, 7) is 6.63. The molecule has 1 aliphatic heterocycles. The van der Waals surface area contributed by atoms with Crippen molar-refractivity contribution in [2.24, 2.45) is 17.8 Å². The van der Waals surface area contributed by atoms with E-state index < -0.39 is 0 Å². The van der Waals surface area contributed by atoms with Crippen molar-refractivity contribution in [3.05, 3.63) is 0 Å². The first-order valence-corrected chi connectivity index (χ1v) is 7.44. The van der Waals surface area contributed by atoms with Gasteiger partial charge in [-0.15, -0.1) is 0 Å². The second-order valence-electron chi connectivity index (χ2n) is 6.32. The Morgan fingerprint density at radius 3 is 2.24 bits per heavy atom. The van der Waals surface area contributed by atoms with Crippen LogP contribution in [0.5, 0.6) is 0 Å². The maximum absolute atomic E-state index is 12.2. The van der Waals surface area contributed by atoms with Crippen LogP contribution in [0.4, 0.5) is 0 Å². The predicted molar refractivity (Wildman–Crippen MR) is 70.7 cm³/mol. The van der Waals surface area contributed by atoms with Gasteiger partial charge in [0.15, 0.2) is 0 Å². The van der Waals surface area contributed by atoms with Crippen LogP contribution in [-0.2, 0) is 4.79 Å². The van der Waals surface area contributed by atoms with Crippen molar-refractivity contribution in [3.8, 4) is 0 Å². The minimum absolute atomic E-state index is 0.430. The van der Waals surface area contributed by atoms with E-state index >= 15 is 0 Å². The number of likely N-dealkylation sites (tertiary alicyclic amines) is 1. The lowest BCUT2D eigenvalue weighted by Crippen LogP contribution is -2.40. The van der Waals surface area contributed by atoms with Crippen molar-refractivity contribution in [2.75, 3.05) is 13.1 Å². The summed E-state index contributed by atoms with van der Waals surface area (Å²) in [7, 11) is 0. The van der Waals surface area contributed by atoms with Gasteiger partial charge < -0.3 is 4.90 Å². The summed E-state index contributed by atoms with van der Waals surface area (Å²) < 4.78 is 0. The van der Waals surface area contributed by atoms with Crippen LogP contribution in [0.15, 0.2) is 0 Å². The SMILES string of the molecule is CC(C)C1CCN(C(=O)CC2CCCC2)CC1. The average Bonchev–Trinajstić information content (AvgIpc) is 2.82. The van der Waals surface area contributed by atoms with Crippen LogP contribution in [0, 0.1) is 17.8 Å². The first kappa shape index (κ1) is 12.9. The van der Waals surface area contributed by atoms with E-state index in [1.165, 1.54) is 38.5 Å². The highest BCUT2D eigenvalue weighted by atomic mass is 16.2. The molecule has 1 amide bonds. The number of nitrogens with zero attached hydrogens (tertiary/aromatic N) is 1. The van der Waals surface area contributed by atoms with E-state index in [4.69, 9.17) is 0 Å². The van der Waals surface area contributed by atoms with Gasteiger partial charge in [-0.1, -0.05) is 26.7 Å². The lowest BCUT2D eigenvalue weighted by molar-refractivity contribution is -0.133. The molecule has 0 N–H and O–H groups in total. The van der Waals surface area contributed by atoms with Crippen LogP contribution in [-0.4, -0.2) is 23.9 Å². The zero-order chi connectivity index (χ0) is 12.3. The summed E-state index contributed by atoms with van der Waals surface area (Å²) in [6, 6.07) is 0. The molecule has 2 rings (SSSR count). The van der Waals surface area contributed by atoms with Gasteiger partial charge in [-0.05, 0) is 43.4 Å². The second kappa shape index (κ2) is 5.88. The Labute approximate surface area is 106 Å². The Morgan fingerprint density at radius 2 is 1.71 bits per heavy atom. The Morgan fingerprint density at radius 1 is 1.12 bits per heavy atom. The van der Waals surface area contributed by atoms with Crippen molar-refractivity contribution in [2.45, 2.75) is 58.8 Å². The molecule has 1 saturated carbocycles. The topological polar surface area (TPSA) is 20.3 Å². The molecule has 2 aliphatic rings. The Hall–Kier alpha value is -0.530. The van der Waals surface area contributed by atoms with Crippen LogP contribution >= 0.6 is 0 Å². The molecule has 0 aromatic carbocycles. The number of rotatable bonds is 3. The van der Waals surface area contributed by atoms with E-state index in [1.54, 1.807) is 0 Å². The minimum Gasteiger partial charge on any atom is -0.343 e. The monoisotopic (exact) mass is 237 g/mol. The quantitative estimate of drug-likeness (QED) is 0.736. The summed E-state index contributed by atoms with van der Waals surface area (Å²) in [5.74, 6) is 2.75. The normalized spacial score (nSPS) is 23.6. The van der Waals surface area contributed by atoms with E-state index in [-0.39, 0.29) is 0 Å². The van der Waals surface area contributed by atoms with Crippen molar-refractivity contribution in [1.82, 2.24) is 4.90 Å². The van der Waals surface area contributed by atoms with Gasteiger partial charge in [-0.3, -0.25) is 4.79 Å². The molecule has 98 valence electrons. The molecule has 2 nitrogen and oxygen atoms in total. The van der Waals surface area contributed by atoms with E-state index in [2.05, 4.69) is 18.7 Å². The number of hydrogen-bond acceptors (Lipinski definition) is 1. The Balaban J connectivity index is 1.74. The summed E-state index contributed by atoms with van der Waals surface area (Å²) in [6.07, 6.45) is 8.51. The van der Waals surface area contributed by atoms with Crippen molar-refractivity contribution >= 4 is 5.91 Å². The lowest BCUT2D eigenvalue weighted by Gasteiger charge is -2.34. The van der Waals surface area contributed by atoms with Gasteiger partial charge in [-0.25, -0.2) is 0 Å².